The van der Waals surface area contributed by atoms with Crippen LogP contribution < -0.4 is 0 Å². The smallest absolute Gasteiger partial charge is 0.147 e. The zero-order chi connectivity index (χ0) is 10.7. The molecule has 14 heavy (non-hydrogen) atoms. The van der Waals surface area contributed by atoms with E-state index in [9.17, 15) is 4.79 Å². The van der Waals surface area contributed by atoms with Crippen molar-refractivity contribution >= 4 is 56.1 Å². The van der Waals surface area contributed by atoms with E-state index >= 15 is 0 Å². The van der Waals surface area contributed by atoms with Crippen LogP contribution in [0.25, 0.3) is 0 Å². The Morgan fingerprint density at radius 3 is 2.71 bits per heavy atom. The molecule has 0 heterocycles. The van der Waals surface area contributed by atoms with Crippen LogP contribution in [0.1, 0.15) is 17.3 Å². The van der Waals surface area contributed by atoms with E-state index in [-0.39, 0.29) is 10.6 Å². The molecule has 1 aromatic rings. The molecular weight excluding hydrogens is 375 g/mol. The van der Waals surface area contributed by atoms with Gasteiger partial charge in [0.15, 0.2) is 0 Å². The molecule has 0 radical (unpaired) electrons. The van der Waals surface area contributed by atoms with Gasteiger partial charge in [0.1, 0.15) is 5.78 Å². The van der Waals surface area contributed by atoms with Gasteiger partial charge in [-0.2, -0.15) is 0 Å². The standard InChI is InChI=1S/C10H10BrIOS/c1-6(13)10(11)9-7(12)4-3-5-8(9)14-2/h3-5,10H,1-2H3. The molecule has 1 aromatic carbocycles. The summed E-state index contributed by atoms with van der Waals surface area (Å²) in [6.45, 7) is 1.60. The van der Waals surface area contributed by atoms with Crippen molar-refractivity contribution in [3.63, 3.8) is 0 Å². The number of hydrogen-bond acceptors (Lipinski definition) is 2. The fourth-order valence-electron chi connectivity index (χ4n) is 1.14. The highest BCUT2D eigenvalue weighted by Gasteiger charge is 2.18. The second kappa shape index (κ2) is 5.51. The highest BCUT2D eigenvalue weighted by atomic mass is 127. The minimum absolute atomic E-state index is 0.143. The van der Waals surface area contributed by atoms with Gasteiger partial charge < -0.3 is 0 Å². The maximum absolute atomic E-state index is 11.3. The topological polar surface area (TPSA) is 17.1 Å². The van der Waals surface area contributed by atoms with Crippen molar-refractivity contribution in [2.45, 2.75) is 16.6 Å². The fraction of sp³-hybridized carbons (Fsp3) is 0.300. The minimum Gasteiger partial charge on any atom is -0.298 e. The van der Waals surface area contributed by atoms with E-state index in [1.807, 2.05) is 24.5 Å². The number of carbonyl (C=O) groups is 1. The predicted molar refractivity (Wildman–Crippen MR) is 73.3 cm³/mol. The first-order valence-corrected chi connectivity index (χ1v) is 7.26. The van der Waals surface area contributed by atoms with Crippen molar-refractivity contribution in [3.8, 4) is 0 Å². The van der Waals surface area contributed by atoms with Gasteiger partial charge in [0.05, 0.1) is 4.83 Å². The lowest BCUT2D eigenvalue weighted by Crippen LogP contribution is -2.04. The van der Waals surface area contributed by atoms with Crippen LogP contribution in [0.4, 0.5) is 0 Å². The number of benzene rings is 1. The van der Waals surface area contributed by atoms with Crippen molar-refractivity contribution in [1.29, 1.82) is 0 Å². The van der Waals surface area contributed by atoms with Gasteiger partial charge in [-0.25, -0.2) is 0 Å². The summed E-state index contributed by atoms with van der Waals surface area (Å²) in [5.41, 5.74) is 1.09. The summed E-state index contributed by atoms with van der Waals surface area (Å²) in [6.07, 6.45) is 2.02. The summed E-state index contributed by atoms with van der Waals surface area (Å²) in [4.78, 5) is 12.3. The molecule has 0 saturated heterocycles. The molecule has 0 aliphatic heterocycles. The van der Waals surface area contributed by atoms with Crippen LogP contribution in [0.2, 0.25) is 0 Å². The molecule has 0 spiro atoms. The van der Waals surface area contributed by atoms with E-state index in [0.29, 0.717) is 0 Å². The van der Waals surface area contributed by atoms with Crippen LogP contribution in [0, 0.1) is 3.57 Å². The summed E-state index contributed by atoms with van der Waals surface area (Å²) >= 11 is 7.36. The molecule has 1 rings (SSSR count). The Morgan fingerprint density at radius 2 is 2.21 bits per heavy atom. The monoisotopic (exact) mass is 384 g/mol. The fourth-order valence-corrected chi connectivity index (χ4v) is 3.87. The van der Waals surface area contributed by atoms with E-state index in [0.717, 1.165) is 14.0 Å². The van der Waals surface area contributed by atoms with Gasteiger partial charge in [0.25, 0.3) is 0 Å². The number of thioether (sulfide) groups is 1. The second-order valence-electron chi connectivity index (χ2n) is 2.83. The summed E-state index contributed by atoms with van der Waals surface area (Å²) in [5, 5.41) is 0. The molecule has 0 N–H and O–H groups in total. The lowest BCUT2D eigenvalue weighted by atomic mass is 10.1. The van der Waals surface area contributed by atoms with E-state index in [1.165, 1.54) is 0 Å². The van der Waals surface area contributed by atoms with Gasteiger partial charge in [0.2, 0.25) is 0 Å². The molecule has 1 unspecified atom stereocenters. The normalized spacial score (nSPS) is 12.6. The van der Waals surface area contributed by atoms with E-state index in [4.69, 9.17) is 0 Å². The molecule has 4 heteroatoms. The zero-order valence-corrected chi connectivity index (χ0v) is 12.4. The molecule has 0 aromatic heterocycles. The molecular formula is C10H10BrIOS. The number of alkyl halides is 1. The van der Waals surface area contributed by atoms with Gasteiger partial charge in [0, 0.05) is 14.0 Å². The first-order chi connectivity index (χ1) is 6.57. The molecule has 0 aliphatic carbocycles. The highest BCUT2D eigenvalue weighted by Crippen LogP contribution is 2.35. The van der Waals surface area contributed by atoms with Crippen molar-refractivity contribution in [2.75, 3.05) is 6.26 Å². The first kappa shape index (κ1) is 12.5. The Balaban J connectivity index is 3.23. The summed E-state index contributed by atoms with van der Waals surface area (Å²) in [5.74, 6) is 0.143. The maximum atomic E-state index is 11.3. The molecule has 1 atom stereocenters. The molecule has 76 valence electrons. The predicted octanol–water partition coefficient (Wildman–Crippen LogP) is 4.04. The lowest BCUT2D eigenvalue weighted by Gasteiger charge is -2.13. The number of ketones is 1. The van der Waals surface area contributed by atoms with Gasteiger partial charge in [-0.05, 0) is 47.9 Å². The van der Waals surface area contributed by atoms with Crippen molar-refractivity contribution in [1.82, 2.24) is 0 Å². The molecule has 0 amide bonds. The Bertz CT molecular complexity index is 354. The van der Waals surface area contributed by atoms with Crippen LogP contribution in [-0.2, 0) is 4.79 Å². The van der Waals surface area contributed by atoms with Gasteiger partial charge >= 0.3 is 0 Å². The maximum Gasteiger partial charge on any atom is 0.147 e. The molecule has 0 bridgehead atoms. The van der Waals surface area contributed by atoms with E-state index in [2.05, 4.69) is 38.5 Å². The summed E-state index contributed by atoms with van der Waals surface area (Å²) in [7, 11) is 0. The van der Waals surface area contributed by atoms with Crippen molar-refractivity contribution in [2.24, 2.45) is 0 Å². The zero-order valence-electron chi connectivity index (χ0n) is 7.88. The van der Waals surface area contributed by atoms with Crippen LogP contribution in [-0.4, -0.2) is 12.0 Å². The number of rotatable bonds is 3. The largest absolute Gasteiger partial charge is 0.298 e. The Labute approximate surface area is 110 Å². The first-order valence-electron chi connectivity index (χ1n) is 4.05. The molecule has 0 fully saturated rings. The quantitative estimate of drug-likeness (QED) is 0.444. The number of halogens is 2. The average Bonchev–Trinajstić information content (AvgIpc) is 2.16. The summed E-state index contributed by atoms with van der Waals surface area (Å²) < 4.78 is 1.13. The van der Waals surface area contributed by atoms with E-state index < -0.39 is 0 Å². The lowest BCUT2D eigenvalue weighted by molar-refractivity contribution is -0.116. The number of hydrogen-bond donors (Lipinski definition) is 0. The third kappa shape index (κ3) is 2.73. The van der Waals surface area contributed by atoms with Crippen LogP contribution >= 0.6 is 50.3 Å². The van der Waals surface area contributed by atoms with Crippen LogP contribution in [0.5, 0.6) is 0 Å². The second-order valence-corrected chi connectivity index (χ2v) is 5.75. The Hall–Kier alpha value is 0.450. The highest BCUT2D eigenvalue weighted by molar-refractivity contribution is 14.1. The van der Waals surface area contributed by atoms with Gasteiger partial charge in [-0.15, -0.1) is 11.8 Å². The summed E-state index contributed by atoms with van der Waals surface area (Å²) in [6, 6.07) is 6.07. The van der Waals surface area contributed by atoms with E-state index in [1.54, 1.807) is 18.7 Å². The SMILES string of the molecule is CSc1cccc(I)c1C(Br)C(C)=O. The van der Waals surface area contributed by atoms with Crippen molar-refractivity contribution in [3.05, 3.63) is 27.3 Å². The van der Waals surface area contributed by atoms with Gasteiger partial charge in [-0.3, -0.25) is 4.79 Å². The van der Waals surface area contributed by atoms with Crippen LogP contribution in [0.3, 0.4) is 0 Å². The minimum atomic E-state index is -0.182. The van der Waals surface area contributed by atoms with Crippen LogP contribution in [0.15, 0.2) is 23.1 Å². The van der Waals surface area contributed by atoms with Gasteiger partial charge in [-0.1, -0.05) is 22.0 Å². The molecule has 1 nitrogen and oxygen atoms in total. The molecule has 0 aliphatic rings. The Morgan fingerprint density at radius 1 is 1.57 bits per heavy atom. The third-order valence-corrected chi connectivity index (χ3v) is 4.68. The number of carbonyl (C=O) groups excluding carboxylic acids is 1. The Kier molecular flexibility index (Phi) is 4.93. The third-order valence-electron chi connectivity index (χ3n) is 1.84. The van der Waals surface area contributed by atoms with Crippen molar-refractivity contribution < 1.29 is 4.79 Å². The number of Topliss-reactive ketones (excluding diaryl/α,β-unsaturated/α-hetero) is 1. The average molecular weight is 385 g/mol. The molecule has 0 saturated carbocycles.